The minimum absolute atomic E-state index is 0.274. The van der Waals surface area contributed by atoms with E-state index in [1.54, 1.807) is 0 Å². The molecule has 2 unspecified atom stereocenters. The summed E-state index contributed by atoms with van der Waals surface area (Å²) in [6, 6.07) is 0. The van der Waals surface area contributed by atoms with Crippen LogP contribution in [0.15, 0.2) is 12.2 Å². The maximum Gasteiger partial charge on any atom is 0.303 e. The normalized spacial score (nSPS) is 30.3. The smallest absolute Gasteiger partial charge is 0.303 e. The van der Waals surface area contributed by atoms with E-state index < -0.39 is 5.97 Å². The van der Waals surface area contributed by atoms with Gasteiger partial charge in [-0.05, 0) is 24.7 Å². The highest BCUT2D eigenvalue weighted by molar-refractivity contribution is 5.67. The molecule has 0 saturated heterocycles. The quantitative estimate of drug-likeness (QED) is 0.618. The van der Waals surface area contributed by atoms with Gasteiger partial charge in [-0.1, -0.05) is 19.1 Å². The largest absolute Gasteiger partial charge is 0.481 e. The molecule has 1 rings (SSSR count). The van der Waals surface area contributed by atoms with Crippen molar-refractivity contribution in [3.8, 4) is 0 Å². The van der Waals surface area contributed by atoms with Crippen LogP contribution in [0.4, 0.5) is 0 Å². The van der Waals surface area contributed by atoms with Crippen LogP contribution < -0.4 is 0 Å². The molecule has 0 spiro atoms. The highest BCUT2D eigenvalue weighted by atomic mass is 16.4. The van der Waals surface area contributed by atoms with E-state index in [1.807, 2.05) is 6.08 Å². The average molecular weight is 154 g/mol. The van der Waals surface area contributed by atoms with Gasteiger partial charge in [0.15, 0.2) is 0 Å². The van der Waals surface area contributed by atoms with Crippen LogP contribution in [-0.4, -0.2) is 11.1 Å². The van der Waals surface area contributed by atoms with Crippen LogP contribution in [0.5, 0.6) is 0 Å². The Morgan fingerprint density at radius 2 is 2.45 bits per heavy atom. The van der Waals surface area contributed by atoms with E-state index in [2.05, 4.69) is 13.0 Å². The summed E-state index contributed by atoms with van der Waals surface area (Å²) in [5.41, 5.74) is 0. The van der Waals surface area contributed by atoms with Crippen molar-refractivity contribution in [1.29, 1.82) is 0 Å². The minimum Gasteiger partial charge on any atom is -0.481 e. The Kier molecular flexibility index (Phi) is 2.69. The summed E-state index contributed by atoms with van der Waals surface area (Å²) in [5, 5.41) is 8.52. The number of aliphatic carboxylic acids is 1. The van der Waals surface area contributed by atoms with Crippen molar-refractivity contribution in [2.45, 2.75) is 26.2 Å². The van der Waals surface area contributed by atoms with Crippen molar-refractivity contribution in [2.75, 3.05) is 0 Å². The average Bonchev–Trinajstić information content (AvgIpc) is 1.85. The van der Waals surface area contributed by atoms with Crippen LogP contribution in [0.3, 0.4) is 0 Å². The molecular formula is C9H14O2. The van der Waals surface area contributed by atoms with Gasteiger partial charge >= 0.3 is 5.97 Å². The predicted molar refractivity (Wildman–Crippen MR) is 43.3 cm³/mol. The number of hydrogen-bond acceptors (Lipinski definition) is 1. The van der Waals surface area contributed by atoms with E-state index in [0.717, 1.165) is 12.8 Å². The fourth-order valence-corrected chi connectivity index (χ4v) is 1.57. The first-order valence-corrected chi connectivity index (χ1v) is 4.07. The van der Waals surface area contributed by atoms with Gasteiger partial charge in [0.2, 0.25) is 0 Å². The van der Waals surface area contributed by atoms with Gasteiger partial charge in [-0.2, -0.15) is 0 Å². The van der Waals surface area contributed by atoms with E-state index >= 15 is 0 Å². The molecule has 62 valence electrons. The Hall–Kier alpha value is -0.790. The van der Waals surface area contributed by atoms with Crippen molar-refractivity contribution < 1.29 is 9.90 Å². The van der Waals surface area contributed by atoms with E-state index in [4.69, 9.17) is 5.11 Å². The van der Waals surface area contributed by atoms with Crippen LogP contribution in [0.1, 0.15) is 26.2 Å². The van der Waals surface area contributed by atoms with Crippen molar-refractivity contribution in [3.63, 3.8) is 0 Å². The van der Waals surface area contributed by atoms with E-state index in [0.29, 0.717) is 12.3 Å². The fourth-order valence-electron chi connectivity index (χ4n) is 1.57. The summed E-state index contributed by atoms with van der Waals surface area (Å²) in [7, 11) is 0. The second kappa shape index (κ2) is 3.56. The lowest BCUT2D eigenvalue weighted by atomic mass is 9.86. The van der Waals surface area contributed by atoms with Crippen LogP contribution in [0.25, 0.3) is 0 Å². The number of hydrogen-bond donors (Lipinski definition) is 1. The molecule has 0 aromatic heterocycles. The number of carboxylic acid groups (broad SMARTS) is 1. The zero-order valence-corrected chi connectivity index (χ0v) is 6.79. The molecule has 0 aliphatic heterocycles. The van der Waals surface area contributed by atoms with E-state index in [-0.39, 0.29) is 5.92 Å². The topological polar surface area (TPSA) is 37.3 Å². The van der Waals surface area contributed by atoms with Crippen LogP contribution in [0, 0.1) is 11.8 Å². The Balaban J connectivity index is 2.40. The first-order valence-electron chi connectivity index (χ1n) is 4.07. The molecule has 1 aliphatic carbocycles. The van der Waals surface area contributed by atoms with E-state index in [9.17, 15) is 4.79 Å². The lowest BCUT2D eigenvalue weighted by Gasteiger charge is -2.19. The summed E-state index contributed by atoms with van der Waals surface area (Å²) >= 11 is 0. The zero-order chi connectivity index (χ0) is 8.27. The number of rotatable bonds is 2. The molecule has 0 fully saturated rings. The molecule has 0 aromatic rings. The molecule has 0 radical (unpaired) electrons. The highest BCUT2D eigenvalue weighted by Gasteiger charge is 2.16. The molecule has 2 nitrogen and oxygen atoms in total. The minimum atomic E-state index is -0.686. The van der Waals surface area contributed by atoms with Gasteiger partial charge in [-0.15, -0.1) is 0 Å². The third-order valence-corrected chi connectivity index (χ3v) is 2.09. The number of carbonyl (C=O) groups is 1. The van der Waals surface area contributed by atoms with Gasteiger partial charge in [0.25, 0.3) is 0 Å². The van der Waals surface area contributed by atoms with Crippen LogP contribution >= 0.6 is 0 Å². The molecule has 2 heteroatoms. The first-order chi connectivity index (χ1) is 5.18. The van der Waals surface area contributed by atoms with Crippen LogP contribution in [-0.2, 0) is 4.79 Å². The highest BCUT2D eigenvalue weighted by Crippen LogP contribution is 2.24. The summed E-state index contributed by atoms with van der Waals surface area (Å²) in [5.74, 6) is 0.245. The second-order valence-corrected chi connectivity index (χ2v) is 3.36. The maximum atomic E-state index is 10.3. The molecule has 0 heterocycles. The monoisotopic (exact) mass is 154 g/mol. The SMILES string of the molecule is CC1CC=CC(CC(=O)O)C1. The van der Waals surface area contributed by atoms with Crippen molar-refractivity contribution in [2.24, 2.45) is 11.8 Å². The molecule has 0 saturated carbocycles. The molecule has 0 amide bonds. The molecule has 0 bridgehead atoms. The number of allylic oxidation sites excluding steroid dienone is 2. The van der Waals surface area contributed by atoms with Gasteiger partial charge in [-0.25, -0.2) is 0 Å². The van der Waals surface area contributed by atoms with Gasteiger partial charge < -0.3 is 5.11 Å². The van der Waals surface area contributed by atoms with Gasteiger partial charge in [0, 0.05) is 0 Å². The molecular weight excluding hydrogens is 140 g/mol. The predicted octanol–water partition coefficient (Wildman–Crippen LogP) is 2.06. The van der Waals surface area contributed by atoms with Crippen molar-refractivity contribution in [1.82, 2.24) is 0 Å². The number of carboxylic acids is 1. The van der Waals surface area contributed by atoms with Gasteiger partial charge in [0.1, 0.15) is 0 Å². The molecule has 1 aliphatic rings. The van der Waals surface area contributed by atoms with Crippen molar-refractivity contribution >= 4 is 5.97 Å². The third kappa shape index (κ3) is 2.74. The maximum absolute atomic E-state index is 10.3. The Morgan fingerprint density at radius 1 is 1.73 bits per heavy atom. The Labute approximate surface area is 66.9 Å². The van der Waals surface area contributed by atoms with Crippen LogP contribution in [0.2, 0.25) is 0 Å². The summed E-state index contributed by atoms with van der Waals surface area (Å²) in [6.45, 7) is 2.17. The lowest BCUT2D eigenvalue weighted by molar-refractivity contribution is -0.137. The third-order valence-electron chi connectivity index (χ3n) is 2.09. The summed E-state index contributed by atoms with van der Waals surface area (Å²) < 4.78 is 0. The summed E-state index contributed by atoms with van der Waals surface area (Å²) in [4.78, 5) is 10.3. The second-order valence-electron chi connectivity index (χ2n) is 3.36. The zero-order valence-electron chi connectivity index (χ0n) is 6.79. The Morgan fingerprint density at radius 3 is 3.00 bits per heavy atom. The van der Waals surface area contributed by atoms with E-state index in [1.165, 1.54) is 0 Å². The fraction of sp³-hybridized carbons (Fsp3) is 0.667. The Bertz CT molecular complexity index is 172. The molecule has 11 heavy (non-hydrogen) atoms. The molecule has 1 N–H and O–H groups in total. The van der Waals surface area contributed by atoms with Crippen molar-refractivity contribution in [3.05, 3.63) is 12.2 Å². The molecule has 0 aromatic carbocycles. The summed E-state index contributed by atoms with van der Waals surface area (Å²) in [6.07, 6.45) is 6.57. The first kappa shape index (κ1) is 8.31. The van der Waals surface area contributed by atoms with Gasteiger partial charge in [-0.3, -0.25) is 4.79 Å². The molecule has 2 atom stereocenters. The lowest BCUT2D eigenvalue weighted by Crippen LogP contribution is -2.12. The van der Waals surface area contributed by atoms with Gasteiger partial charge in [0.05, 0.1) is 6.42 Å². The standard InChI is InChI=1S/C9H14O2/c1-7-3-2-4-8(5-7)6-9(10)11/h2,4,7-8H,3,5-6H2,1H3,(H,10,11).